The van der Waals surface area contributed by atoms with E-state index in [0.29, 0.717) is 17.9 Å². The maximum absolute atomic E-state index is 9.15. The standard InChI is InChI=1S/C17H15N3O/c1-21-17-5-2-12(8-14(17)10-18)11-20-7-6-13-9-15(19)3-4-16(13)20/h2-9H,11,19H2,1H3. The van der Waals surface area contributed by atoms with E-state index < -0.39 is 0 Å². The van der Waals surface area contributed by atoms with Crippen LogP contribution in [0, 0.1) is 11.3 Å². The first-order chi connectivity index (χ1) is 10.2. The first-order valence-corrected chi connectivity index (χ1v) is 6.62. The Labute approximate surface area is 123 Å². The second kappa shape index (κ2) is 5.22. The first kappa shape index (κ1) is 13.1. The summed E-state index contributed by atoms with van der Waals surface area (Å²) in [6, 6.07) is 15.7. The highest BCUT2D eigenvalue weighted by atomic mass is 16.5. The number of rotatable bonds is 3. The van der Waals surface area contributed by atoms with Crippen molar-refractivity contribution in [1.82, 2.24) is 4.57 Å². The van der Waals surface area contributed by atoms with Gasteiger partial charge in [-0.1, -0.05) is 6.07 Å². The largest absolute Gasteiger partial charge is 0.495 e. The van der Waals surface area contributed by atoms with Crippen molar-refractivity contribution in [1.29, 1.82) is 5.26 Å². The molecule has 21 heavy (non-hydrogen) atoms. The minimum atomic E-state index is 0.552. The molecule has 2 N–H and O–H groups in total. The van der Waals surface area contributed by atoms with Crippen LogP contribution in [0.2, 0.25) is 0 Å². The van der Waals surface area contributed by atoms with Crippen LogP contribution in [0.1, 0.15) is 11.1 Å². The molecule has 104 valence electrons. The van der Waals surface area contributed by atoms with Crippen molar-refractivity contribution in [3.63, 3.8) is 0 Å². The third kappa shape index (κ3) is 2.41. The van der Waals surface area contributed by atoms with Crippen LogP contribution in [0.5, 0.6) is 5.75 Å². The van der Waals surface area contributed by atoms with Gasteiger partial charge in [-0.05, 0) is 42.0 Å². The summed E-state index contributed by atoms with van der Waals surface area (Å²) >= 11 is 0. The van der Waals surface area contributed by atoms with Gasteiger partial charge in [0.15, 0.2) is 0 Å². The van der Waals surface area contributed by atoms with E-state index in [1.807, 2.05) is 48.7 Å². The molecule has 1 heterocycles. The van der Waals surface area contributed by atoms with Gasteiger partial charge >= 0.3 is 0 Å². The molecule has 0 aliphatic rings. The van der Waals surface area contributed by atoms with Crippen molar-refractivity contribution in [3.8, 4) is 11.8 Å². The summed E-state index contributed by atoms with van der Waals surface area (Å²) in [7, 11) is 1.57. The third-order valence-corrected chi connectivity index (χ3v) is 3.53. The van der Waals surface area contributed by atoms with Crippen molar-refractivity contribution >= 4 is 16.6 Å². The van der Waals surface area contributed by atoms with Gasteiger partial charge in [0.1, 0.15) is 11.8 Å². The summed E-state index contributed by atoms with van der Waals surface area (Å²) in [4.78, 5) is 0. The zero-order valence-electron chi connectivity index (χ0n) is 11.7. The van der Waals surface area contributed by atoms with Crippen LogP contribution in [0.15, 0.2) is 48.7 Å². The number of hydrogen-bond donors (Lipinski definition) is 1. The van der Waals surface area contributed by atoms with E-state index >= 15 is 0 Å². The average Bonchev–Trinajstić information content (AvgIpc) is 2.89. The van der Waals surface area contributed by atoms with Crippen LogP contribution < -0.4 is 10.5 Å². The fourth-order valence-electron chi connectivity index (χ4n) is 2.49. The Morgan fingerprint density at radius 1 is 1.19 bits per heavy atom. The van der Waals surface area contributed by atoms with Crippen LogP contribution in [0.4, 0.5) is 5.69 Å². The maximum Gasteiger partial charge on any atom is 0.136 e. The fourth-order valence-corrected chi connectivity index (χ4v) is 2.49. The van der Waals surface area contributed by atoms with E-state index in [1.165, 1.54) is 0 Å². The monoisotopic (exact) mass is 277 g/mol. The van der Waals surface area contributed by atoms with Crippen LogP contribution in [0.25, 0.3) is 10.9 Å². The van der Waals surface area contributed by atoms with E-state index in [2.05, 4.69) is 10.6 Å². The lowest BCUT2D eigenvalue weighted by atomic mass is 10.1. The van der Waals surface area contributed by atoms with Gasteiger partial charge in [-0.25, -0.2) is 0 Å². The van der Waals surface area contributed by atoms with Crippen molar-refractivity contribution in [2.45, 2.75) is 6.54 Å². The number of anilines is 1. The number of benzene rings is 2. The summed E-state index contributed by atoms with van der Waals surface area (Å²) in [6.45, 7) is 0.700. The number of methoxy groups -OCH3 is 1. The molecule has 4 heteroatoms. The molecule has 0 amide bonds. The molecule has 0 saturated heterocycles. The molecule has 0 aliphatic heterocycles. The molecule has 0 unspecified atom stereocenters. The number of nitrogens with zero attached hydrogens (tertiary/aromatic N) is 2. The van der Waals surface area contributed by atoms with Gasteiger partial charge in [0, 0.05) is 29.3 Å². The lowest BCUT2D eigenvalue weighted by Gasteiger charge is -2.08. The van der Waals surface area contributed by atoms with E-state index in [4.69, 9.17) is 15.7 Å². The van der Waals surface area contributed by atoms with E-state index in [-0.39, 0.29) is 0 Å². The third-order valence-electron chi connectivity index (χ3n) is 3.53. The molecular formula is C17H15N3O. The Hall–Kier alpha value is -2.93. The summed E-state index contributed by atoms with van der Waals surface area (Å²) in [6.07, 6.45) is 2.03. The molecule has 4 nitrogen and oxygen atoms in total. The molecule has 2 aromatic carbocycles. The molecule has 0 spiro atoms. The Kier molecular flexibility index (Phi) is 3.25. The normalized spacial score (nSPS) is 10.5. The fraction of sp³-hybridized carbons (Fsp3) is 0.118. The molecular weight excluding hydrogens is 262 g/mol. The molecule has 3 rings (SSSR count). The Balaban J connectivity index is 1.97. The lowest BCUT2D eigenvalue weighted by molar-refractivity contribution is 0.413. The van der Waals surface area contributed by atoms with E-state index in [1.54, 1.807) is 7.11 Å². The van der Waals surface area contributed by atoms with Gasteiger partial charge in [0.25, 0.3) is 0 Å². The molecule has 0 fully saturated rings. The van der Waals surface area contributed by atoms with Crippen LogP contribution >= 0.6 is 0 Å². The smallest absolute Gasteiger partial charge is 0.136 e. The van der Waals surface area contributed by atoms with Gasteiger partial charge in [-0.2, -0.15) is 5.26 Å². The number of hydrogen-bond acceptors (Lipinski definition) is 3. The molecule has 0 atom stereocenters. The van der Waals surface area contributed by atoms with E-state index in [9.17, 15) is 0 Å². The Bertz CT molecular complexity index is 843. The van der Waals surface area contributed by atoms with Gasteiger partial charge in [-0.3, -0.25) is 0 Å². The lowest BCUT2D eigenvalue weighted by Crippen LogP contribution is -1.99. The van der Waals surface area contributed by atoms with Crippen molar-refractivity contribution in [3.05, 3.63) is 59.8 Å². The highest BCUT2D eigenvalue weighted by molar-refractivity contribution is 5.83. The highest BCUT2D eigenvalue weighted by Gasteiger charge is 2.06. The summed E-state index contributed by atoms with van der Waals surface area (Å²) < 4.78 is 7.30. The average molecular weight is 277 g/mol. The van der Waals surface area contributed by atoms with Gasteiger partial charge < -0.3 is 15.0 Å². The molecule has 3 aromatic rings. The predicted molar refractivity (Wildman–Crippen MR) is 83.2 cm³/mol. The van der Waals surface area contributed by atoms with Crippen molar-refractivity contribution in [2.75, 3.05) is 12.8 Å². The van der Waals surface area contributed by atoms with E-state index in [0.717, 1.165) is 22.2 Å². The summed E-state index contributed by atoms with van der Waals surface area (Å²) in [5.74, 6) is 0.603. The van der Waals surface area contributed by atoms with Crippen LogP contribution in [0.3, 0.4) is 0 Å². The minimum Gasteiger partial charge on any atom is -0.495 e. The number of fused-ring (bicyclic) bond motifs is 1. The van der Waals surface area contributed by atoms with Crippen LogP contribution in [-0.2, 0) is 6.54 Å². The maximum atomic E-state index is 9.15. The second-order valence-corrected chi connectivity index (χ2v) is 4.91. The number of nitriles is 1. The van der Waals surface area contributed by atoms with Gasteiger partial charge in [-0.15, -0.1) is 0 Å². The Morgan fingerprint density at radius 3 is 2.81 bits per heavy atom. The van der Waals surface area contributed by atoms with Crippen molar-refractivity contribution in [2.24, 2.45) is 0 Å². The molecule has 0 saturated carbocycles. The highest BCUT2D eigenvalue weighted by Crippen LogP contribution is 2.22. The molecule has 0 radical (unpaired) electrons. The number of ether oxygens (including phenoxy) is 1. The van der Waals surface area contributed by atoms with Gasteiger partial charge in [0.05, 0.1) is 12.7 Å². The second-order valence-electron chi connectivity index (χ2n) is 4.91. The zero-order chi connectivity index (χ0) is 14.8. The molecule has 0 bridgehead atoms. The van der Waals surface area contributed by atoms with Crippen molar-refractivity contribution < 1.29 is 4.74 Å². The molecule has 1 aromatic heterocycles. The van der Waals surface area contributed by atoms with Crippen LogP contribution in [-0.4, -0.2) is 11.7 Å². The van der Waals surface area contributed by atoms with Gasteiger partial charge in [0.2, 0.25) is 0 Å². The topological polar surface area (TPSA) is 64.0 Å². The Morgan fingerprint density at radius 2 is 2.05 bits per heavy atom. The zero-order valence-corrected chi connectivity index (χ0v) is 11.7. The number of nitrogen functional groups attached to an aromatic ring is 1. The summed E-state index contributed by atoms with van der Waals surface area (Å²) in [5.41, 5.74) is 9.29. The SMILES string of the molecule is COc1ccc(Cn2ccc3cc(N)ccc32)cc1C#N. The summed E-state index contributed by atoms with van der Waals surface area (Å²) in [5, 5.41) is 10.3. The predicted octanol–water partition coefficient (Wildman–Crippen LogP) is 3.15. The minimum absolute atomic E-state index is 0.552. The number of nitrogens with two attached hydrogens (primary N) is 1. The first-order valence-electron chi connectivity index (χ1n) is 6.62. The molecule has 0 aliphatic carbocycles. The quantitative estimate of drug-likeness (QED) is 0.748. The number of aromatic nitrogens is 1.